The third-order valence-corrected chi connectivity index (χ3v) is 3.30. The number of hydrogen-bond donors (Lipinski definition) is 2. The topological polar surface area (TPSA) is 59.0 Å². The Morgan fingerprint density at radius 2 is 2.05 bits per heavy atom. The van der Waals surface area contributed by atoms with Crippen LogP contribution in [0, 0.1) is 13.8 Å². The molecule has 0 aliphatic heterocycles. The van der Waals surface area contributed by atoms with Crippen molar-refractivity contribution in [3.05, 3.63) is 40.8 Å². The van der Waals surface area contributed by atoms with Crippen molar-refractivity contribution in [2.24, 2.45) is 7.05 Å². The number of hydrogen-bond acceptors (Lipinski definition) is 2. The Labute approximate surface area is 116 Å². The first-order valence-electron chi connectivity index (χ1n) is 5.80. The average molecular weight is 279 g/mol. The van der Waals surface area contributed by atoms with E-state index in [0.717, 1.165) is 11.4 Å². The van der Waals surface area contributed by atoms with Crippen LogP contribution in [0.5, 0.6) is 0 Å². The van der Waals surface area contributed by atoms with Gasteiger partial charge >= 0.3 is 6.03 Å². The van der Waals surface area contributed by atoms with Gasteiger partial charge in [0.05, 0.1) is 6.20 Å². The van der Waals surface area contributed by atoms with Crippen molar-refractivity contribution >= 4 is 29.1 Å². The second-order valence-corrected chi connectivity index (χ2v) is 4.70. The molecule has 0 bridgehead atoms. The molecular formula is C13H15ClN4O. The SMILES string of the molecule is Cc1ccc(NC(=O)Nc2cnc(C)n2C)cc1Cl. The summed E-state index contributed by atoms with van der Waals surface area (Å²) in [6.07, 6.45) is 1.61. The van der Waals surface area contributed by atoms with E-state index in [2.05, 4.69) is 15.6 Å². The van der Waals surface area contributed by atoms with E-state index in [1.807, 2.05) is 27.0 Å². The van der Waals surface area contributed by atoms with Crippen molar-refractivity contribution in [1.82, 2.24) is 9.55 Å². The van der Waals surface area contributed by atoms with E-state index in [4.69, 9.17) is 11.6 Å². The molecular weight excluding hydrogens is 264 g/mol. The van der Waals surface area contributed by atoms with Gasteiger partial charge in [0.2, 0.25) is 0 Å². The van der Waals surface area contributed by atoms with Crippen LogP contribution in [-0.2, 0) is 7.05 Å². The van der Waals surface area contributed by atoms with Gasteiger partial charge in [-0.15, -0.1) is 0 Å². The molecule has 0 fully saturated rings. The summed E-state index contributed by atoms with van der Waals surface area (Å²) in [5.74, 6) is 1.46. The smallest absolute Gasteiger partial charge is 0.318 e. The molecule has 1 heterocycles. The summed E-state index contributed by atoms with van der Waals surface area (Å²) >= 11 is 6.00. The third kappa shape index (κ3) is 3.06. The fourth-order valence-corrected chi connectivity index (χ4v) is 1.75. The number of carbonyl (C=O) groups excluding carboxylic acids is 1. The molecule has 0 radical (unpaired) electrons. The maximum absolute atomic E-state index is 11.8. The van der Waals surface area contributed by atoms with E-state index in [0.29, 0.717) is 16.5 Å². The van der Waals surface area contributed by atoms with Gasteiger partial charge in [0.1, 0.15) is 11.6 Å². The molecule has 0 spiro atoms. The van der Waals surface area contributed by atoms with Crippen molar-refractivity contribution in [3.8, 4) is 0 Å². The monoisotopic (exact) mass is 278 g/mol. The molecule has 2 aromatic rings. The summed E-state index contributed by atoms with van der Waals surface area (Å²) < 4.78 is 1.79. The first-order valence-corrected chi connectivity index (χ1v) is 6.17. The zero-order valence-corrected chi connectivity index (χ0v) is 11.7. The van der Waals surface area contributed by atoms with Crippen molar-refractivity contribution in [3.63, 3.8) is 0 Å². The highest BCUT2D eigenvalue weighted by Gasteiger charge is 2.07. The number of nitrogens with zero attached hydrogens (tertiary/aromatic N) is 2. The number of aromatic nitrogens is 2. The molecule has 0 saturated carbocycles. The number of amides is 2. The van der Waals surface area contributed by atoms with Crippen molar-refractivity contribution in [2.75, 3.05) is 10.6 Å². The summed E-state index contributed by atoms with van der Waals surface area (Å²) in [6, 6.07) is 5.04. The first kappa shape index (κ1) is 13.4. The molecule has 0 unspecified atom stereocenters. The minimum absolute atomic E-state index is 0.331. The number of halogens is 1. The zero-order valence-electron chi connectivity index (χ0n) is 11.0. The minimum Gasteiger partial charge on any atom is -0.318 e. The van der Waals surface area contributed by atoms with Crippen molar-refractivity contribution in [2.45, 2.75) is 13.8 Å². The van der Waals surface area contributed by atoms with Crippen LogP contribution in [0.4, 0.5) is 16.3 Å². The minimum atomic E-state index is -0.331. The fraction of sp³-hybridized carbons (Fsp3) is 0.231. The van der Waals surface area contributed by atoms with Gasteiger partial charge in [-0.25, -0.2) is 9.78 Å². The molecule has 100 valence electrons. The highest BCUT2D eigenvalue weighted by Crippen LogP contribution is 2.20. The van der Waals surface area contributed by atoms with Gasteiger partial charge < -0.3 is 9.88 Å². The van der Waals surface area contributed by atoms with Crippen LogP contribution in [0.25, 0.3) is 0 Å². The van der Waals surface area contributed by atoms with Crippen LogP contribution in [0.1, 0.15) is 11.4 Å². The lowest BCUT2D eigenvalue weighted by atomic mass is 10.2. The molecule has 19 heavy (non-hydrogen) atoms. The summed E-state index contributed by atoms with van der Waals surface area (Å²) in [4.78, 5) is 15.9. The first-order chi connectivity index (χ1) is 8.97. The maximum Gasteiger partial charge on any atom is 0.324 e. The Hall–Kier alpha value is -2.01. The standard InChI is InChI=1S/C13H15ClN4O/c1-8-4-5-10(6-11(8)14)16-13(19)17-12-7-15-9(2)18(12)3/h4-7H,1-3H3,(H2,16,17,19). The predicted octanol–water partition coefficient (Wildman–Crippen LogP) is 3.33. The van der Waals surface area contributed by atoms with Crippen LogP contribution in [-0.4, -0.2) is 15.6 Å². The quantitative estimate of drug-likeness (QED) is 0.885. The average Bonchev–Trinajstić information content (AvgIpc) is 2.66. The third-order valence-electron chi connectivity index (χ3n) is 2.89. The lowest BCUT2D eigenvalue weighted by Gasteiger charge is -2.09. The molecule has 2 amide bonds. The Balaban J connectivity index is 2.05. The Morgan fingerprint density at radius 3 is 2.63 bits per heavy atom. The van der Waals surface area contributed by atoms with E-state index in [1.165, 1.54) is 0 Å². The van der Waals surface area contributed by atoms with E-state index in [-0.39, 0.29) is 6.03 Å². The van der Waals surface area contributed by atoms with Gasteiger partial charge in [-0.05, 0) is 31.5 Å². The van der Waals surface area contributed by atoms with Crippen LogP contribution < -0.4 is 10.6 Å². The lowest BCUT2D eigenvalue weighted by Crippen LogP contribution is -2.21. The molecule has 2 N–H and O–H groups in total. The number of benzene rings is 1. The summed E-state index contributed by atoms with van der Waals surface area (Å²) in [5.41, 5.74) is 1.61. The van der Waals surface area contributed by atoms with Gasteiger partial charge in [0, 0.05) is 17.8 Å². The lowest BCUT2D eigenvalue weighted by molar-refractivity contribution is 0.262. The molecule has 0 aliphatic carbocycles. The molecule has 1 aromatic carbocycles. The second-order valence-electron chi connectivity index (χ2n) is 4.29. The molecule has 6 heteroatoms. The van der Waals surface area contributed by atoms with Crippen molar-refractivity contribution < 1.29 is 4.79 Å². The number of carbonyl (C=O) groups is 1. The van der Waals surface area contributed by atoms with Gasteiger partial charge in [0.25, 0.3) is 0 Å². The molecule has 0 atom stereocenters. The zero-order chi connectivity index (χ0) is 14.0. The van der Waals surface area contributed by atoms with Crippen LogP contribution in [0.3, 0.4) is 0 Å². The van der Waals surface area contributed by atoms with E-state index >= 15 is 0 Å². The molecule has 0 saturated heterocycles. The Kier molecular flexibility index (Phi) is 3.76. The number of urea groups is 1. The molecule has 2 rings (SSSR count). The van der Waals surface area contributed by atoms with Crippen molar-refractivity contribution in [1.29, 1.82) is 0 Å². The van der Waals surface area contributed by atoms with Gasteiger partial charge in [0.15, 0.2) is 0 Å². The number of imidazole rings is 1. The maximum atomic E-state index is 11.8. The summed E-state index contributed by atoms with van der Waals surface area (Å²) in [5, 5.41) is 6.06. The van der Waals surface area contributed by atoms with Gasteiger partial charge in [-0.2, -0.15) is 0 Å². The molecule has 1 aromatic heterocycles. The van der Waals surface area contributed by atoms with Crippen LogP contribution >= 0.6 is 11.6 Å². The predicted molar refractivity (Wildman–Crippen MR) is 76.8 cm³/mol. The number of nitrogens with one attached hydrogen (secondary N) is 2. The highest BCUT2D eigenvalue weighted by atomic mass is 35.5. The summed E-state index contributed by atoms with van der Waals surface area (Å²) in [6.45, 7) is 3.77. The second kappa shape index (κ2) is 5.32. The van der Waals surface area contributed by atoms with E-state index in [1.54, 1.807) is 22.9 Å². The van der Waals surface area contributed by atoms with Gasteiger partial charge in [-0.3, -0.25) is 5.32 Å². The van der Waals surface area contributed by atoms with Gasteiger partial charge in [-0.1, -0.05) is 17.7 Å². The Bertz CT molecular complexity index is 621. The molecule has 5 nitrogen and oxygen atoms in total. The Morgan fingerprint density at radius 1 is 1.32 bits per heavy atom. The highest BCUT2D eigenvalue weighted by molar-refractivity contribution is 6.31. The van der Waals surface area contributed by atoms with Crippen LogP contribution in [0.15, 0.2) is 24.4 Å². The number of rotatable bonds is 2. The summed E-state index contributed by atoms with van der Waals surface area (Å²) in [7, 11) is 1.83. The number of anilines is 2. The fourth-order valence-electron chi connectivity index (χ4n) is 1.57. The van der Waals surface area contributed by atoms with E-state index in [9.17, 15) is 4.79 Å². The van der Waals surface area contributed by atoms with Crippen LogP contribution in [0.2, 0.25) is 5.02 Å². The molecule has 0 aliphatic rings. The normalized spacial score (nSPS) is 10.3. The van der Waals surface area contributed by atoms with E-state index < -0.39 is 0 Å². The number of aryl methyl sites for hydroxylation is 2. The largest absolute Gasteiger partial charge is 0.324 e.